The van der Waals surface area contributed by atoms with Gasteiger partial charge in [0.15, 0.2) is 5.16 Å². The summed E-state index contributed by atoms with van der Waals surface area (Å²) < 4.78 is 34.8. The Morgan fingerprint density at radius 1 is 1.19 bits per heavy atom. The van der Waals surface area contributed by atoms with Crippen molar-refractivity contribution in [1.29, 1.82) is 0 Å². The summed E-state index contributed by atoms with van der Waals surface area (Å²) in [6, 6.07) is 5.47. The zero-order chi connectivity index (χ0) is 22.7. The highest BCUT2D eigenvalue weighted by molar-refractivity contribution is 7.99. The zero-order valence-corrected chi connectivity index (χ0v) is 20.5. The second-order valence-electron chi connectivity index (χ2n) is 8.24. The molecule has 10 heteroatoms. The highest BCUT2D eigenvalue weighted by Gasteiger charge is 2.28. The SMILES string of the molecule is CCC1CCCCN1C(=O)CSc1nc2cc(S(=O)(=O)N3CCOCC3)ccc2n1CC. The van der Waals surface area contributed by atoms with Crippen LogP contribution in [0.25, 0.3) is 11.0 Å². The molecule has 2 aliphatic rings. The van der Waals surface area contributed by atoms with E-state index in [4.69, 9.17) is 9.72 Å². The summed E-state index contributed by atoms with van der Waals surface area (Å²) in [4.78, 5) is 19.9. The van der Waals surface area contributed by atoms with Gasteiger partial charge in [0.05, 0.1) is 34.9 Å². The predicted molar refractivity (Wildman–Crippen MR) is 125 cm³/mol. The number of morpholine rings is 1. The van der Waals surface area contributed by atoms with Gasteiger partial charge < -0.3 is 14.2 Å². The number of thioether (sulfide) groups is 1. The highest BCUT2D eigenvalue weighted by Crippen LogP contribution is 2.28. The number of aromatic nitrogens is 2. The van der Waals surface area contributed by atoms with E-state index in [0.717, 1.165) is 36.5 Å². The molecule has 0 aliphatic carbocycles. The molecule has 0 bridgehead atoms. The molecule has 0 radical (unpaired) electrons. The number of imidazole rings is 1. The molecule has 176 valence electrons. The summed E-state index contributed by atoms with van der Waals surface area (Å²) in [5.74, 6) is 0.505. The molecule has 1 aromatic carbocycles. The Hall–Kier alpha value is -1.62. The summed E-state index contributed by atoms with van der Waals surface area (Å²) in [6.07, 6.45) is 4.34. The number of ether oxygens (including phenoxy) is 1. The van der Waals surface area contributed by atoms with Crippen LogP contribution in [0, 0.1) is 0 Å². The number of sulfonamides is 1. The van der Waals surface area contributed by atoms with Crippen molar-refractivity contribution in [3.63, 3.8) is 0 Å². The number of aryl methyl sites for hydroxylation is 1. The molecule has 2 saturated heterocycles. The Balaban J connectivity index is 1.54. The summed E-state index contributed by atoms with van der Waals surface area (Å²) in [5.41, 5.74) is 1.52. The fourth-order valence-corrected chi connectivity index (χ4v) is 6.96. The van der Waals surface area contributed by atoms with Gasteiger partial charge in [0.2, 0.25) is 15.9 Å². The number of fused-ring (bicyclic) bond motifs is 1. The number of carbonyl (C=O) groups excluding carboxylic acids is 1. The van der Waals surface area contributed by atoms with Gasteiger partial charge in [0, 0.05) is 32.2 Å². The minimum absolute atomic E-state index is 0.159. The Morgan fingerprint density at radius 2 is 1.97 bits per heavy atom. The molecule has 0 spiro atoms. The van der Waals surface area contributed by atoms with Crippen molar-refractivity contribution in [1.82, 2.24) is 18.8 Å². The third kappa shape index (κ3) is 4.69. The molecular weight excluding hydrogens is 448 g/mol. The van der Waals surface area contributed by atoms with Crippen molar-refractivity contribution in [2.45, 2.75) is 62.2 Å². The Labute approximate surface area is 194 Å². The van der Waals surface area contributed by atoms with E-state index in [-0.39, 0.29) is 10.8 Å². The maximum absolute atomic E-state index is 13.0. The van der Waals surface area contributed by atoms with Crippen LogP contribution in [0.1, 0.15) is 39.5 Å². The van der Waals surface area contributed by atoms with Crippen LogP contribution >= 0.6 is 11.8 Å². The lowest BCUT2D eigenvalue weighted by molar-refractivity contribution is -0.132. The number of amides is 1. The van der Waals surface area contributed by atoms with Crippen molar-refractivity contribution in [2.24, 2.45) is 0 Å². The first-order chi connectivity index (χ1) is 15.5. The Bertz CT molecular complexity index is 1060. The molecule has 0 N–H and O–H groups in total. The van der Waals surface area contributed by atoms with Crippen molar-refractivity contribution >= 4 is 38.7 Å². The number of benzene rings is 1. The molecular formula is C22H32N4O4S2. The van der Waals surface area contributed by atoms with Crippen molar-refractivity contribution in [3.05, 3.63) is 18.2 Å². The molecule has 1 amide bonds. The van der Waals surface area contributed by atoms with E-state index >= 15 is 0 Å². The smallest absolute Gasteiger partial charge is 0.243 e. The van der Waals surface area contributed by atoms with Gasteiger partial charge in [-0.2, -0.15) is 4.31 Å². The molecule has 2 fully saturated rings. The largest absolute Gasteiger partial charge is 0.379 e. The van der Waals surface area contributed by atoms with Crippen LogP contribution < -0.4 is 0 Å². The van der Waals surface area contributed by atoms with E-state index in [1.807, 2.05) is 22.5 Å². The summed E-state index contributed by atoms with van der Waals surface area (Å²) in [7, 11) is -3.58. The van der Waals surface area contributed by atoms with Crippen LogP contribution in [0.15, 0.2) is 28.3 Å². The van der Waals surface area contributed by atoms with Crippen LogP contribution in [0.3, 0.4) is 0 Å². The van der Waals surface area contributed by atoms with Gasteiger partial charge >= 0.3 is 0 Å². The number of rotatable bonds is 7. The van der Waals surface area contributed by atoms with Gasteiger partial charge in [0.1, 0.15) is 0 Å². The topological polar surface area (TPSA) is 84.7 Å². The van der Waals surface area contributed by atoms with E-state index in [9.17, 15) is 13.2 Å². The molecule has 8 nitrogen and oxygen atoms in total. The number of hydrogen-bond donors (Lipinski definition) is 0. The van der Waals surface area contributed by atoms with Crippen molar-refractivity contribution in [3.8, 4) is 0 Å². The van der Waals surface area contributed by atoms with Crippen LogP contribution in [0.2, 0.25) is 0 Å². The first-order valence-corrected chi connectivity index (χ1v) is 13.9. The quantitative estimate of drug-likeness (QED) is 0.567. The fraction of sp³-hybridized carbons (Fsp3) is 0.636. The molecule has 1 atom stereocenters. The lowest BCUT2D eigenvalue weighted by Gasteiger charge is -2.35. The van der Waals surface area contributed by atoms with Crippen LogP contribution in [0.4, 0.5) is 0 Å². The third-order valence-electron chi connectivity index (χ3n) is 6.35. The Morgan fingerprint density at radius 3 is 2.69 bits per heavy atom. The third-order valence-corrected chi connectivity index (χ3v) is 9.21. The average Bonchev–Trinajstić information content (AvgIpc) is 3.19. The lowest BCUT2D eigenvalue weighted by atomic mass is 10.0. The molecule has 3 heterocycles. The number of piperidine rings is 1. The summed E-state index contributed by atoms with van der Waals surface area (Å²) in [6.45, 7) is 7.26. The second-order valence-corrected chi connectivity index (χ2v) is 11.1. The van der Waals surface area contributed by atoms with E-state index in [2.05, 4.69) is 6.92 Å². The monoisotopic (exact) mass is 480 g/mol. The lowest BCUT2D eigenvalue weighted by Crippen LogP contribution is -2.44. The van der Waals surface area contributed by atoms with E-state index < -0.39 is 10.0 Å². The number of nitrogens with zero attached hydrogens (tertiary/aromatic N) is 4. The summed E-state index contributed by atoms with van der Waals surface area (Å²) >= 11 is 1.44. The van der Waals surface area contributed by atoms with Crippen LogP contribution in [0.5, 0.6) is 0 Å². The number of hydrogen-bond acceptors (Lipinski definition) is 6. The first-order valence-electron chi connectivity index (χ1n) is 11.5. The van der Waals surface area contributed by atoms with Gasteiger partial charge in [0.25, 0.3) is 0 Å². The van der Waals surface area contributed by atoms with Crippen LogP contribution in [-0.2, 0) is 26.1 Å². The predicted octanol–water partition coefficient (Wildman–Crippen LogP) is 2.96. The maximum atomic E-state index is 13.0. The van der Waals surface area contributed by atoms with E-state index in [1.54, 1.807) is 12.1 Å². The van der Waals surface area contributed by atoms with Gasteiger partial charge in [-0.25, -0.2) is 13.4 Å². The van der Waals surface area contributed by atoms with Gasteiger partial charge in [-0.3, -0.25) is 4.79 Å². The number of carbonyl (C=O) groups is 1. The second kappa shape index (κ2) is 10.1. The highest BCUT2D eigenvalue weighted by atomic mass is 32.2. The molecule has 1 unspecified atom stereocenters. The minimum Gasteiger partial charge on any atom is -0.379 e. The van der Waals surface area contributed by atoms with Gasteiger partial charge in [-0.1, -0.05) is 18.7 Å². The molecule has 2 aliphatic heterocycles. The molecule has 0 saturated carbocycles. The van der Waals surface area contributed by atoms with E-state index in [1.165, 1.54) is 22.5 Å². The standard InChI is InChI=1S/C22H32N4O4S2/c1-3-17-7-5-6-10-26(17)21(27)16-31-22-23-19-15-18(8-9-20(19)25(22)4-2)32(28,29)24-11-13-30-14-12-24/h8-9,15,17H,3-7,10-14,16H2,1-2H3. The summed E-state index contributed by atoms with van der Waals surface area (Å²) in [5, 5.41) is 0.752. The minimum atomic E-state index is -3.58. The fourth-order valence-electron chi connectivity index (χ4n) is 4.56. The first kappa shape index (κ1) is 23.5. The molecule has 2 aromatic rings. The average molecular weight is 481 g/mol. The van der Waals surface area contributed by atoms with Crippen LogP contribution in [-0.4, -0.2) is 77.7 Å². The molecule has 32 heavy (non-hydrogen) atoms. The van der Waals surface area contributed by atoms with Gasteiger partial charge in [-0.15, -0.1) is 0 Å². The maximum Gasteiger partial charge on any atom is 0.243 e. The van der Waals surface area contributed by atoms with E-state index in [0.29, 0.717) is 50.2 Å². The molecule has 1 aromatic heterocycles. The van der Waals surface area contributed by atoms with Crippen molar-refractivity contribution < 1.29 is 17.9 Å². The van der Waals surface area contributed by atoms with Crippen molar-refractivity contribution in [2.75, 3.05) is 38.6 Å². The molecule has 4 rings (SSSR count). The van der Waals surface area contributed by atoms with Gasteiger partial charge in [-0.05, 0) is 50.8 Å². The zero-order valence-electron chi connectivity index (χ0n) is 18.8. The number of likely N-dealkylation sites (tertiary alicyclic amines) is 1. The Kier molecular flexibility index (Phi) is 7.44. The normalized spacial score (nSPS) is 20.7.